The Morgan fingerprint density at radius 3 is 2.50 bits per heavy atom. The highest BCUT2D eigenvalue weighted by Crippen LogP contribution is 2.21. The molecule has 1 atom stereocenters. The molecule has 0 saturated heterocycles. The van der Waals surface area contributed by atoms with E-state index >= 15 is 0 Å². The highest BCUT2D eigenvalue weighted by molar-refractivity contribution is 5.89. The molecule has 0 saturated carbocycles. The van der Waals surface area contributed by atoms with Crippen LogP contribution in [0.5, 0.6) is 0 Å². The highest BCUT2D eigenvalue weighted by atomic mass is 16.4. The van der Waals surface area contributed by atoms with E-state index in [9.17, 15) is 4.79 Å². The van der Waals surface area contributed by atoms with E-state index in [4.69, 9.17) is 5.11 Å². The largest absolute Gasteiger partial charge is 0.478 e. The number of rotatable bonds is 3. The van der Waals surface area contributed by atoms with Crippen LogP contribution in [0.3, 0.4) is 0 Å². The molecule has 3 nitrogen and oxygen atoms in total. The fraction of sp³-hybridized carbons (Fsp3) is 0.545. The fourth-order valence-corrected chi connectivity index (χ4v) is 1.85. The summed E-state index contributed by atoms with van der Waals surface area (Å²) in [6, 6.07) is 2.10. The van der Waals surface area contributed by atoms with Gasteiger partial charge >= 0.3 is 5.97 Å². The van der Waals surface area contributed by atoms with Crippen LogP contribution in [-0.4, -0.2) is 15.6 Å². The first-order valence-electron chi connectivity index (χ1n) is 4.90. The van der Waals surface area contributed by atoms with E-state index in [-0.39, 0.29) is 0 Å². The van der Waals surface area contributed by atoms with Crippen LogP contribution >= 0.6 is 0 Å². The third-order valence-corrected chi connectivity index (χ3v) is 2.75. The highest BCUT2D eigenvalue weighted by Gasteiger charge is 2.16. The van der Waals surface area contributed by atoms with E-state index in [1.165, 1.54) is 0 Å². The van der Waals surface area contributed by atoms with Crippen molar-refractivity contribution >= 4 is 5.97 Å². The lowest BCUT2D eigenvalue weighted by molar-refractivity contribution is 0.0696. The molecule has 78 valence electrons. The summed E-state index contributed by atoms with van der Waals surface area (Å²) in [4.78, 5) is 10.9. The second-order valence-corrected chi connectivity index (χ2v) is 3.72. The van der Waals surface area contributed by atoms with Gasteiger partial charge in [0.1, 0.15) is 0 Å². The van der Waals surface area contributed by atoms with E-state index in [1.807, 2.05) is 13.8 Å². The van der Waals surface area contributed by atoms with E-state index in [0.29, 0.717) is 11.6 Å². The summed E-state index contributed by atoms with van der Waals surface area (Å²) < 4.78 is 2.09. The zero-order valence-electron chi connectivity index (χ0n) is 9.16. The molecule has 1 unspecified atom stereocenters. The van der Waals surface area contributed by atoms with Crippen LogP contribution in [0.1, 0.15) is 48.1 Å². The molecule has 1 aromatic rings. The second-order valence-electron chi connectivity index (χ2n) is 3.72. The Kier molecular flexibility index (Phi) is 2.99. The number of carbonyl (C=O) groups is 1. The van der Waals surface area contributed by atoms with Crippen molar-refractivity contribution in [3.05, 3.63) is 23.0 Å². The molecule has 0 aliphatic rings. The van der Waals surface area contributed by atoms with Crippen molar-refractivity contribution < 1.29 is 9.90 Å². The predicted molar refractivity (Wildman–Crippen MR) is 55.9 cm³/mol. The van der Waals surface area contributed by atoms with Gasteiger partial charge in [-0.15, -0.1) is 0 Å². The van der Waals surface area contributed by atoms with Crippen LogP contribution in [0.25, 0.3) is 0 Å². The van der Waals surface area contributed by atoms with Crippen LogP contribution < -0.4 is 0 Å². The molecule has 0 aliphatic carbocycles. The van der Waals surface area contributed by atoms with Crippen LogP contribution in [0, 0.1) is 13.8 Å². The van der Waals surface area contributed by atoms with Gasteiger partial charge in [0.05, 0.1) is 5.56 Å². The van der Waals surface area contributed by atoms with Crippen molar-refractivity contribution in [1.29, 1.82) is 0 Å². The van der Waals surface area contributed by atoms with Gasteiger partial charge in [0.25, 0.3) is 0 Å². The van der Waals surface area contributed by atoms with E-state index in [2.05, 4.69) is 18.4 Å². The van der Waals surface area contributed by atoms with Crippen molar-refractivity contribution in [1.82, 2.24) is 4.57 Å². The minimum Gasteiger partial charge on any atom is -0.478 e. The number of carboxylic acids is 1. The number of hydrogen-bond acceptors (Lipinski definition) is 1. The first-order valence-corrected chi connectivity index (χ1v) is 4.90. The van der Waals surface area contributed by atoms with Gasteiger partial charge in [0, 0.05) is 17.4 Å². The summed E-state index contributed by atoms with van der Waals surface area (Å²) in [5, 5.41) is 8.94. The van der Waals surface area contributed by atoms with Crippen LogP contribution in [-0.2, 0) is 0 Å². The second kappa shape index (κ2) is 3.86. The minimum absolute atomic E-state index is 0.364. The average Bonchev–Trinajstić information content (AvgIpc) is 2.41. The zero-order chi connectivity index (χ0) is 10.9. The molecule has 1 heterocycles. The van der Waals surface area contributed by atoms with Gasteiger partial charge in [0.2, 0.25) is 0 Å². The maximum absolute atomic E-state index is 10.9. The van der Waals surface area contributed by atoms with Gasteiger partial charge in [-0.25, -0.2) is 4.79 Å². The molecule has 0 fully saturated rings. The van der Waals surface area contributed by atoms with Gasteiger partial charge in [-0.2, -0.15) is 0 Å². The Bertz CT molecular complexity index is 352. The van der Waals surface area contributed by atoms with Crippen molar-refractivity contribution in [3.63, 3.8) is 0 Å². The summed E-state index contributed by atoms with van der Waals surface area (Å²) >= 11 is 0. The SMILES string of the molecule is CCC(C)n1c(C)cc(C(=O)O)c1C. The Labute approximate surface area is 84.4 Å². The quantitative estimate of drug-likeness (QED) is 0.805. The van der Waals surface area contributed by atoms with Crippen LogP contribution in [0.15, 0.2) is 6.07 Å². The first kappa shape index (κ1) is 10.8. The Morgan fingerprint density at radius 2 is 2.14 bits per heavy atom. The number of nitrogens with zero attached hydrogens (tertiary/aromatic N) is 1. The smallest absolute Gasteiger partial charge is 0.337 e. The molecule has 0 radical (unpaired) electrons. The standard InChI is InChI=1S/C11H17NO2/c1-5-7(2)12-8(3)6-10(9(12)4)11(13)14/h6-7H,5H2,1-4H3,(H,13,14). The van der Waals surface area contributed by atoms with Crippen LogP contribution in [0.4, 0.5) is 0 Å². The molecule has 0 amide bonds. The van der Waals surface area contributed by atoms with Gasteiger partial charge in [-0.1, -0.05) is 6.92 Å². The Balaban J connectivity index is 3.24. The molecular formula is C11H17NO2. The molecular weight excluding hydrogens is 178 g/mol. The molecule has 1 aromatic heterocycles. The molecule has 1 rings (SSSR count). The van der Waals surface area contributed by atoms with Crippen molar-refractivity contribution in [2.75, 3.05) is 0 Å². The van der Waals surface area contributed by atoms with E-state index < -0.39 is 5.97 Å². The molecule has 3 heteroatoms. The third kappa shape index (κ3) is 1.67. The van der Waals surface area contributed by atoms with Gasteiger partial charge < -0.3 is 9.67 Å². The summed E-state index contributed by atoms with van der Waals surface area (Å²) in [6.07, 6.45) is 1.01. The maximum Gasteiger partial charge on any atom is 0.337 e. The summed E-state index contributed by atoms with van der Waals surface area (Å²) in [5.74, 6) is -0.840. The number of aromatic nitrogens is 1. The third-order valence-electron chi connectivity index (χ3n) is 2.75. The number of hydrogen-bond donors (Lipinski definition) is 1. The van der Waals surface area contributed by atoms with E-state index in [0.717, 1.165) is 17.8 Å². The summed E-state index contributed by atoms with van der Waals surface area (Å²) in [7, 11) is 0. The summed E-state index contributed by atoms with van der Waals surface area (Å²) in [6.45, 7) is 8.02. The lowest BCUT2D eigenvalue weighted by Crippen LogP contribution is -2.08. The predicted octanol–water partition coefficient (Wildman–Crippen LogP) is 2.77. The van der Waals surface area contributed by atoms with Crippen molar-refractivity contribution in [2.45, 2.75) is 40.2 Å². The molecule has 0 spiro atoms. The van der Waals surface area contributed by atoms with Gasteiger partial charge in [-0.05, 0) is 33.3 Å². The normalized spacial score (nSPS) is 12.9. The maximum atomic E-state index is 10.9. The fourth-order valence-electron chi connectivity index (χ4n) is 1.85. The van der Waals surface area contributed by atoms with Crippen molar-refractivity contribution in [3.8, 4) is 0 Å². The molecule has 14 heavy (non-hydrogen) atoms. The van der Waals surface area contributed by atoms with Crippen molar-refractivity contribution in [2.24, 2.45) is 0 Å². The Morgan fingerprint density at radius 1 is 1.57 bits per heavy atom. The lowest BCUT2D eigenvalue weighted by atomic mass is 10.2. The summed E-state index contributed by atoms with van der Waals surface area (Å²) in [5.41, 5.74) is 2.29. The first-order chi connectivity index (χ1) is 6.49. The molecule has 0 aliphatic heterocycles. The number of aryl methyl sites for hydroxylation is 1. The molecule has 0 bridgehead atoms. The number of carboxylic acid groups (broad SMARTS) is 1. The van der Waals surface area contributed by atoms with E-state index in [1.54, 1.807) is 6.07 Å². The van der Waals surface area contributed by atoms with Gasteiger partial charge in [0.15, 0.2) is 0 Å². The molecule has 1 N–H and O–H groups in total. The van der Waals surface area contributed by atoms with Crippen LogP contribution in [0.2, 0.25) is 0 Å². The topological polar surface area (TPSA) is 42.2 Å². The monoisotopic (exact) mass is 195 g/mol. The zero-order valence-corrected chi connectivity index (χ0v) is 9.16. The average molecular weight is 195 g/mol. The molecule has 0 aromatic carbocycles. The lowest BCUT2D eigenvalue weighted by Gasteiger charge is -2.16. The minimum atomic E-state index is -0.840. The number of aromatic carboxylic acids is 1. The Hall–Kier alpha value is -1.25. The van der Waals surface area contributed by atoms with Gasteiger partial charge in [-0.3, -0.25) is 0 Å².